The van der Waals surface area contributed by atoms with Crippen molar-refractivity contribution < 1.29 is 32.4 Å². The van der Waals surface area contributed by atoms with E-state index in [1.165, 1.54) is 36.5 Å². The number of hydrogen-bond acceptors (Lipinski definition) is 9. The van der Waals surface area contributed by atoms with E-state index in [2.05, 4.69) is 29.7 Å². The van der Waals surface area contributed by atoms with Crippen molar-refractivity contribution in [2.24, 2.45) is 0 Å². The number of pyridine rings is 1. The molecule has 1 unspecified atom stereocenters. The van der Waals surface area contributed by atoms with Gasteiger partial charge in [0, 0.05) is 11.8 Å². The van der Waals surface area contributed by atoms with Crippen molar-refractivity contribution >= 4 is 28.2 Å². The molecule has 33 heavy (non-hydrogen) atoms. The lowest BCUT2D eigenvalue weighted by Gasteiger charge is -2.11. The largest absolute Gasteiger partial charge is 0.481 e. The van der Waals surface area contributed by atoms with Crippen molar-refractivity contribution in [2.45, 2.75) is 23.9 Å². The molecule has 0 aliphatic carbocycles. The molecule has 0 radical (unpaired) electrons. The number of carboxylic acids is 1. The molecule has 0 bridgehead atoms. The standard InChI is InChI=1S/C19H17N5O8S/c25-10-14(7-16(26)27)22-18(28)12-4-5-13(20-8-12)9-21-33(30,31)15-3-1-2-11(6-15)17-23-19(29)32-24-17/h1-6,8,10,14,21H,7,9H2,(H,22,28)(H,26,27)(H,23,24,29). The molecule has 0 aliphatic heterocycles. The molecule has 4 N–H and O–H groups in total. The summed E-state index contributed by atoms with van der Waals surface area (Å²) in [4.78, 5) is 51.0. The number of sulfonamides is 1. The number of carbonyl (C=O) groups is 3. The second kappa shape index (κ2) is 9.97. The van der Waals surface area contributed by atoms with Gasteiger partial charge < -0.3 is 15.2 Å². The van der Waals surface area contributed by atoms with Crippen molar-refractivity contribution in [3.05, 3.63) is 64.4 Å². The van der Waals surface area contributed by atoms with Crippen molar-refractivity contribution in [3.8, 4) is 11.4 Å². The number of nitrogens with zero attached hydrogens (tertiary/aromatic N) is 2. The summed E-state index contributed by atoms with van der Waals surface area (Å²) in [5, 5.41) is 14.5. The van der Waals surface area contributed by atoms with Gasteiger partial charge in [0.1, 0.15) is 6.29 Å². The lowest BCUT2D eigenvalue weighted by Crippen LogP contribution is -2.37. The molecule has 1 aromatic carbocycles. The Balaban J connectivity index is 1.65. The fourth-order valence-electron chi connectivity index (χ4n) is 2.65. The van der Waals surface area contributed by atoms with Gasteiger partial charge in [-0.1, -0.05) is 17.3 Å². The summed E-state index contributed by atoms with van der Waals surface area (Å²) in [5.74, 6) is -2.64. The number of rotatable bonds is 10. The zero-order valence-electron chi connectivity index (χ0n) is 16.7. The van der Waals surface area contributed by atoms with Gasteiger partial charge in [0.05, 0.1) is 35.2 Å². The van der Waals surface area contributed by atoms with Crippen LogP contribution in [0.25, 0.3) is 11.4 Å². The van der Waals surface area contributed by atoms with Crippen LogP contribution in [0.3, 0.4) is 0 Å². The summed E-state index contributed by atoms with van der Waals surface area (Å²) < 4.78 is 32.0. The van der Waals surface area contributed by atoms with E-state index in [0.29, 0.717) is 17.5 Å². The van der Waals surface area contributed by atoms with Gasteiger partial charge in [0.25, 0.3) is 5.91 Å². The van der Waals surface area contributed by atoms with Gasteiger partial charge >= 0.3 is 11.7 Å². The first-order chi connectivity index (χ1) is 15.7. The Labute approximate surface area is 185 Å². The van der Waals surface area contributed by atoms with Gasteiger partial charge in [0.2, 0.25) is 10.0 Å². The van der Waals surface area contributed by atoms with Gasteiger partial charge in [0.15, 0.2) is 5.82 Å². The molecule has 172 valence electrons. The Morgan fingerprint density at radius 2 is 2.03 bits per heavy atom. The number of hydrogen-bond donors (Lipinski definition) is 4. The van der Waals surface area contributed by atoms with Crippen molar-refractivity contribution in [2.75, 3.05) is 0 Å². The number of aliphatic carboxylic acids is 1. The second-order valence-corrected chi connectivity index (χ2v) is 8.42. The molecule has 1 amide bonds. The van der Waals surface area contributed by atoms with Crippen LogP contribution in [0.4, 0.5) is 0 Å². The zero-order valence-corrected chi connectivity index (χ0v) is 17.5. The highest BCUT2D eigenvalue weighted by Crippen LogP contribution is 2.18. The molecule has 0 fully saturated rings. The van der Waals surface area contributed by atoms with Crippen LogP contribution >= 0.6 is 0 Å². The maximum Gasteiger partial charge on any atom is 0.439 e. The number of amides is 1. The van der Waals surface area contributed by atoms with Gasteiger partial charge in [-0.05, 0) is 24.3 Å². The van der Waals surface area contributed by atoms with Gasteiger partial charge in [-0.25, -0.2) is 17.9 Å². The Morgan fingerprint density at radius 3 is 2.64 bits per heavy atom. The van der Waals surface area contributed by atoms with Gasteiger partial charge in [-0.3, -0.25) is 24.1 Å². The number of carbonyl (C=O) groups excluding carboxylic acids is 2. The van der Waals surface area contributed by atoms with Crippen LogP contribution in [0.5, 0.6) is 0 Å². The quantitative estimate of drug-likeness (QED) is 0.281. The summed E-state index contributed by atoms with van der Waals surface area (Å²) in [6, 6.07) is 7.25. The number of H-pyrrole nitrogens is 1. The van der Waals surface area contributed by atoms with Gasteiger partial charge in [-0.2, -0.15) is 0 Å². The predicted octanol–water partition coefficient (Wildman–Crippen LogP) is -0.325. The zero-order chi connectivity index (χ0) is 24.0. The van der Waals surface area contributed by atoms with Crippen LogP contribution in [0, 0.1) is 0 Å². The third-order valence-corrected chi connectivity index (χ3v) is 5.66. The van der Waals surface area contributed by atoms with Crippen LogP contribution in [-0.2, 0) is 26.2 Å². The number of aldehydes is 1. The number of benzene rings is 1. The summed E-state index contributed by atoms with van der Waals surface area (Å²) >= 11 is 0. The average molecular weight is 475 g/mol. The Morgan fingerprint density at radius 1 is 1.24 bits per heavy atom. The van der Waals surface area contributed by atoms with Crippen LogP contribution in [-0.4, -0.2) is 52.9 Å². The first kappa shape index (κ1) is 23.5. The van der Waals surface area contributed by atoms with Crippen molar-refractivity contribution in [1.29, 1.82) is 0 Å². The minimum Gasteiger partial charge on any atom is -0.481 e. The Bertz CT molecular complexity index is 1330. The van der Waals surface area contributed by atoms with E-state index in [-0.39, 0.29) is 22.8 Å². The molecular weight excluding hydrogens is 458 g/mol. The number of aromatic nitrogens is 3. The molecule has 2 heterocycles. The SMILES string of the molecule is O=CC(CC(=O)O)NC(=O)c1ccc(CNS(=O)(=O)c2cccc(-c3noc(=O)[nH]3)c2)nc1. The van der Waals surface area contributed by atoms with E-state index in [1.807, 2.05) is 0 Å². The molecular formula is C19H17N5O8S. The lowest BCUT2D eigenvalue weighted by molar-refractivity contribution is -0.138. The topological polar surface area (TPSA) is 201 Å². The van der Waals surface area contributed by atoms with Crippen molar-refractivity contribution in [1.82, 2.24) is 25.2 Å². The molecule has 1 atom stereocenters. The van der Waals surface area contributed by atoms with E-state index in [0.717, 1.165) is 0 Å². The summed E-state index contributed by atoms with van der Waals surface area (Å²) in [7, 11) is -3.95. The number of nitrogens with one attached hydrogen (secondary N) is 3. The first-order valence-electron chi connectivity index (χ1n) is 9.27. The molecule has 3 aromatic rings. The maximum atomic E-state index is 12.6. The summed E-state index contributed by atoms with van der Waals surface area (Å²) in [6.07, 6.45) is 0.928. The smallest absolute Gasteiger partial charge is 0.439 e. The monoisotopic (exact) mass is 475 g/mol. The fourth-order valence-corrected chi connectivity index (χ4v) is 3.70. The molecule has 3 rings (SSSR count). The molecule has 0 saturated carbocycles. The van der Waals surface area contributed by atoms with E-state index in [4.69, 9.17) is 5.11 Å². The first-order valence-corrected chi connectivity index (χ1v) is 10.8. The molecule has 0 aliphatic rings. The molecule has 13 nitrogen and oxygen atoms in total. The highest BCUT2D eigenvalue weighted by Gasteiger charge is 2.18. The van der Waals surface area contributed by atoms with Crippen LogP contribution in [0.1, 0.15) is 22.5 Å². The maximum absolute atomic E-state index is 12.6. The third kappa shape index (κ3) is 6.18. The molecule has 0 spiro atoms. The minimum atomic E-state index is -3.95. The fraction of sp³-hybridized carbons (Fsp3) is 0.158. The average Bonchev–Trinajstić information content (AvgIpc) is 3.23. The molecule has 14 heteroatoms. The lowest BCUT2D eigenvalue weighted by atomic mass is 10.2. The highest BCUT2D eigenvalue weighted by molar-refractivity contribution is 7.89. The predicted molar refractivity (Wildman–Crippen MR) is 110 cm³/mol. The van der Waals surface area contributed by atoms with Crippen molar-refractivity contribution in [3.63, 3.8) is 0 Å². The van der Waals surface area contributed by atoms with Gasteiger partial charge in [-0.15, -0.1) is 0 Å². The Kier molecular flexibility index (Phi) is 7.10. The Hall–Kier alpha value is -4.17. The summed E-state index contributed by atoms with van der Waals surface area (Å²) in [5.41, 5.74) is 0.687. The van der Waals surface area contributed by atoms with E-state index in [9.17, 15) is 27.6 Å². The van der Waals surface area contributed by atoms with Crippen LogP contribution in [0.15, 0.2) is 56.8 Å². The summed E-state index contributed by atoms with van der Waals surface area (Å²) in [6.45, 7) is -0.189. The number of aromatic amines is 1. The van der Waals surface area contributed by atoms with E-state index in [1.54, 1.807) is 6.07 Å². The van der Waals surface area contributed by atoms with E-state index >= 15 is 0 Å². The van der Waals surface area contributed by atoms with E-state index < -0.39 is 40.1 Å². The van der Waals surface area contributed by atoms with Crippen LogP contribution in [0.2, 0.25) is 0 Å². The molecule has 0 saturated heterocycles. The molecule has 2 aromatic heterocycles. The minimum absolute atomic E-state index is 0.0631. The second-order valence-electron chi connectivity index (χ2n) is 6.65. The normalized spacial score (nSPS) is 12.1. The third-order valence-electron chi connectivity index (χ3n) is 4.26. The highest BCUT2D eigenvalue weighted by atomic mass is 32.2. The van der Waals surface area contributed by atoms with Crippen LogP contribution < -0.4 is 15.8 Å². The number of carboxylic acid groups (broad SMARTS) is 1.